The fraction of sp³-hybridized carbons (Fsp3) is 0.500. The molecule has 1 unspecified atom stereocenters. The van der Waals surface area contributed by atoms with Gasteiger partial charge in [-0.15, -0.1) is 0 Å². The molecular formula is C8H8F3N3. The molecule has 0 amide bonds. The van der Waals surface area contributed by atoms with Crippen LogP contribution in [0.5, 0.6) is 0 Å². The predicted octanol–water partition coefficient (Wildman–Crippen LogP) is 1.68. The van der Waals surface area contributed by atoms with E-state index in [4.69, 9.17) is 0 Å². The van der Waals surface area contributed by atoms with Crippen LogP contribution in [0.3, 0.4) is 0 Å². The first-order valence-corrected chi connectivity index (χ1v) is 4.17. The van der Waals surface area contributed by atoms with Gasteiger partial charge in [-0.3, -0.25) is 0 Å². The third-order valence-electron chi connectivity index (χ3n) is 2.08. The summed E-state index contributed by atoms with van der Waals surface area (Å²) in [6.07, 6.45) is 1.88. The fourth-order valence-corrected chi connectivity index (χ4v) is 1.11. The van der Waals surface area contributed by atoms with Crippen molar-refractivity contribution in [1.82, 2.24) is 9.97 Å². The average Bonchev–Trinajstić information content (AvgIpc) is 2.73. The number of rotatable bonds is 3. The Balaban J connectivity index is 1.84. The van der Waals surface area contributed by atoms with Gasteiger partial charge in [0.15, 0.2) is 5.82 Å². The number of halogens is 3. The van der Waals surface area contributed by atoms with Crippen LogP contribution in [-0.2, 0) is 0 Å². The zero-order valence-electron chi connectivity index (χ0n) is 7.17. The maximum atomic E-state index is 12.4. The molecule has 0 aromatic carbocycles. The quantitative estimate of drug-likeness (QED) is 0.812. The highest BCUT2D eigenvalue weighted by Crippen LogP contribution is 2.48. The highest BCUT2D eigenvalue weighted by atomic mass is 19.3. The van der Waals surface area contributed by atoms with Gasteiger partial charge >= 0.3 is 0 Å². The van der Waals surface area contributed by atoms with Crippen molar-refractivity contribution in [2.24, 2.45) is 5.92 Å². The first-order chi connectivity index (χ1) is 6.58. The van der Waals surface area contributed by atoms with E-state index in [9.17, 15) is 13.2 Å². The van der Waals surface area contributed by atoms with Gasteiger partial charge < -0.3 is 5.32 Å². The smallest absolute Gasteiger partial charge is 0.253 e. The van der Waals surface area contributed by atoms with Gasteiger partial charge in [-0.1, -0.05) is 0 Å². The van der Waals surface area contributed by atoms with Gasteiger partial charge in [0, 0.05) is 18.9 Å². The molecule has 0 spiro atoms. The summed E-state index contributed by atoms with van der Waals surface area (Å²) < 4.78 is 37.2. The SMILES string of the molecule is Fc1cnc(NCC2CC2(F)F)nc1. The fourth-order valence-electron chi connectivity index (χ4n) is 1.11. The number of anilines is 1. The number of alkyl halides is 2. The number of hydrogen-bond donors (Lipinski definition) is 1. The molecule has 14 heavy (non-hydrogen) atoms. The number of nitrogens with one attached hydrogen (secondary N) is 1. The molecule has 1 fully saturated rings. The molecule has 0 radical (unpaired) electrons. The summed E-state index contributed by atoms with van der Waals surface area (Å²) in [5.41, 5.74) is 0. The number of hydrogen-bond acceptors (Lipinski definition) is 3. The van der Waals surface area contributed by atoms with E-state index in [0.29, 0.717) is 0 Å². The average molecular weight is 203 g/mol. The van der Waals surface area contributed by atoms with E-state index >= 15 is 0 Å². The highest BCUT2D eigenvalue weighted by molar-refractivity contribution is 5.23. The molecule has 1 aliphatic carbocycles. The monoisotopic (exact) mass is 203 g/mol. The first kappa shape index (κ1) is 9.23. The Morgan fingerprint density at radius 1 is 1.43 bits per heavy atom. The molecular weight excluding hydrogens is 195 g/mol. The molecule has 2 rings (SSSR count). The van der Waals surface area contributed by atoms with Crippen LogP contribution in [0.25, 0.3) is 0 Å². The molecule has 3 nitrogen and oxygen atoms in total. The van der Waals surface area contributed by atoms with Gasteiger partial charge in [0.05, 0.1) is 12.4 Å². The Bertz CT molecular complexity index is 325. The van der Waals surface area contributed by atoms with E-state index in [2.05, 4.69) is 15.3 Å². The van der Waals surface area contributed by atoms with Crippen molar-refractivity contribution in [3.05, 3.63) is 18.2 Å². The van der Waals surface area contributed by atoms with Gasteiger partial charge in [-0.2, -0.15) is 0 Å². The predicted molar refractivity (Wildman–Crippen MR) is 43.5 cm³/mol. The second-order valence-corrected chi connectivity index (χ2v) is 3.27. The Morgan fingerprint density at radius 2 is 2.00 bits per heavy atom. The molecule has 0 bridgehead atoms. The van der Waals surface area contributed by atoms with Crippen LogP contribution in [0.15, 0.2) is 12.4 Å². The zero-order chi connectivity index (χ0) is 10.2. The molecule has 1 atom stereocenters. The lowest BCUT2D eigenvalue weighted by Gasteiger charge is -2.02. The second-order valence-electron chi connectivity index (χ2n) is 3.27. The van der Waals surface area contributed by atoms with E-state index in [1.54, 1.807) is 0 Å². The Morgan fingerprint density at radius 3 is 2.50 bits per heavy atom. The Labute approximate surface area is 78.4 Å². The van der Waals surface area contributed by atoms with Gasteiger partial charge in [0.2, 0.25) is 5.95 Å². The van der Waals surface area contributed by atoms with E-state index in [-0.39, 0.29) is 18.9 Å². The third kappa shape index (κ3) is 1.94. The lowest BCUT2D eigenvalue weighted by atomic mass is 10.4. The van der Waals surface area contributed by atoms with Crippen LogP contribution in [0.2, 0.25) is 0 Å². The van der Waals surface area contributed by atoms with E-state index in [1.165, 1.54) is 0 Å². The maximum absolute atomic E-state index is 12.4. The van der Waals surface area contributed by atoms with Crippen molar-refractivity contribution in [2.75, 3.05) is 11.9 Å². The van der Waals surface area contributed by atoms with Gasteiger partial charge in [0.25, 0.3) is 5.92 Å². The van der Waals surface area contributed by atoms with Crippen molar-refractivity contribution in [3.63, 3.8) is 0 Å². The molecule has 1 aromatic rings. The standard InChI is InChI=1S/C8H8F3N3/c9-6-3-13-7(14-4-6)12-2-5-1-8(5,10)11/h3-5H,1-2H2,(H,12,13,14). The van der Waals surface area contributed by atoms with E-state index in [0.717, 1.165) is 12.4 Å². The van der Waals surface area contributed by atoms with Crippen molar-refractivity contribution in [1.29, 1.82) is 0 Å². The summed E-state index contributed by atoms with van der Waals surface area (Å²) in [7, 11) is 0. The topological polar surface area (TPSA) is 37.8 Å². The van der Waals surface area contributed by atoms with Crippen LogP contribution >= 0.6 is 0 Å². The van der Waals surface area contributed by atoms with Crippen molar-refractivity contribution >= 4 is 5.95 Å². The molecule has 0 saturated heterocycles. The van der Waals surface area contributed by atoms with Crippen LogP contribution < -0.4 is 5.32 Å². The summed E-state index contributed by atoms with van der Waals surface area (Å²) in [4.78, 5) is 7.17. The molecule has 1 heterocycles. The van der Waals surface area contributed by atoms with Gasteiger partial charge in [-0.25, -0.2) is 23.1 Å². The second kappa shape index (κ2) is 3.11. The van der Waals surface area contributed by atoms with Crippen LogP contribution in [0.1, 0.15) is 6.42 Å². The summed E-state index contributed by atoms with van der Waals surface area (Å²) >= 11 is 0. The lowest BCUT2D eigenvalue weighted by Crippen LogP contribution is -2.10. The molecule has 0 aliphatic heterocycles. The molecule has 1 aromatic heterocycles. The van der Waals surface area contributed by atoms with E-state index in [1.807, 2.05) is 0 Å². The molecule has 76 valence electrons. The number of nitrogens with zero attached hydrogens (tertiary/aromatic N) is 2. The largest absolute Gasteiger partial charge is 0.354 e. The van der Waals surface area contributed by atoms with Crippen LogP contribution in [-0.4, -0.2) is 22.4 Å². The molecule has 6 heteroatoms. The van der Waals surface area contributed by atoms with Crippen molar-refractivity contribution < 1.29 is 13.2 Å². The van der Waals surface area contributed by atoms with Gasteiger partial charge in [-0.05, 0) is 0 Å². The number of aromatic nitrogens is 2. The zero-order valence-corrected chi connectivity index (χ0v) is 7.17. The van der Waals surface area contributed by atoms with Crippen molar-refractivity contribution in [3.8, 4) is 0 Å². The van der Waals surface area contributed by atoms with Gasteiger partial charge in [0.1, 0.15) is 0 Å². The Kier molecular flexibility index (Phi) is 2.05. The molecule has 1 N–H and O–H groups in total. The summed E-state index contributed by atoms with van der Waals surface area (Å²) in [5, 5.41) is 2.62. The first-order valence-electron chi connectivity index (χ1n) is 4.17. The normalized spacial score (nSPS) is 23.2. The minimum atomic E-state index is -2.55. The minimum absolute atomic E-state index is 0.0960. The van der Waals surface area contributed by atoms with E-state index < -0.39 is 17.7 Å². The van der Waals surface area contributed by atoms with Crippen LogP contribution in [0, 0.1) is 11.7 Å². The molecule has 1 aliphatic rings. The Hall–Kier alpha value is -1.33. The summed E-state index contributed by atoms with van der Waals surface area (Å²) in [6.45, 7) is 0.124. The molecule has 1 saturated carbocycles. The van der Waals surface area contributed by atoms with Crippen molar-refractivity contribution in [2.45, 2.75) is 12.3 Å². The third-order valence-corrected chi connectivity index (χ3v) is 2.08. The summed E-state index contributed by atoms with van der Waals surface area (Å²) in [6, 6.07) is 0. The van der Waals surface area contributed by atoms with Crippen LogP contribution in [0.4, 0.5) is 19.1 Å². The lowest BCUT2D eigenvalue weighted by molar-refractivity contribution is 0.101. The summed E-state index contributed by atoms with van der Waals surface area (Å²) in [5.74, 6) is -3.56. The highest BCUT2D eigenvalue weighted by Gasteiger charge is 2.56. The minimum Gasteiger partial charge on any atom is -0.354 e. The maximum Gasteiger partial charge on any atom is 0.253 e.